The molecule has 5 rings (SSSR count). The molecule has 160 valence electrons. The number of hydrogen-bond acceptors (Lipinski definition) is 8. The minimum absolute atomic E-state index is 0.00206. The summed E-state index contributed by atoms with van der Waals surface area (Å²) in [6.07, 6.45) is 0. The fraction of sp³-hybridized carbons (Fsp3) is 0.0833. The van der Waals surface area contributed by atoms with Crippen LogP contribution in [0.2, 0.25) is 0 Å². The summed E-state index contributed by atoms with van der Waals surface area (Å²) in [6, 6.07) is 27.1. The van der Waals surface area contributed by atoms with Crippen LogP contribution in [-0.4, -0.2) is 13.0 Å². The molecule has 0 fully saturated rings. The fourth-order valence-corrected chi connectivity index (χ4v) is 13.6. The van der Waals surface area contributed by atoms with E-state index in [1.807, 2.05) is 84.2 Å². The molecule has 2 nitrogen and oxygen atoms in total. The highest BCUT2D eigenvalue weighted by molar-refractivity contribution is 8.56. The SMILES string of the molecule is O=C(SC1=C(SC(=O)c2ccccc2)SC2(SCc3ccccc3S2)S1)c1ccccc1. The van der Waals surface area contributed by atoms with Crippen molar-refractivity contribution in [3.8, 4) is 0 Å². The number of carbonyl (C=O) groups excluding carboxylic acids is 2. The summed E-state index contributed by atoms with van der Waals surface area (Å²) in [7, 11) is 0. The maximum absolute atomic E-state index is 13.0. The van der Waals surface area contributed by atoms with E-state index in [0.29, 0.717) is 11.1 Å². The summed E-state index contributed by atoms with van der Waals surface area (Å²) in [5.74, 6) is 0.915. The molecule has 32 heavy (non-hydrogen) atoms. The molecule has 0 saturated heterocycles. The smallest absolute Gasteiger partial charge is 0.224 e. The molecule has 2 aliphatic rings. The lowest BCUT2D eigenvalue weighted by Gasteiger charge is -2.31. The highest BCUT2D eigenvalue weighted by Crippen LogP contribution is 2.73. The van der Waals surface area contributed by atoms with Gasteiger partial charge in [-0.1, -0.05) is 114 Å². The largest absolute Gasteiger partial charge is 0.281 e. The van der Waals surface area contributed by atoms with Gasteiger partial charge < -0.3 is 0 Å². The lowest BCUT2D eigenvalue weighted by molar-refractivity contribution is 0.108. The van der Waals surface area contributed by atoms with Crippen molar-refractivity contribution < 1.29 is 9.59 Å². The first-order chi connectivity index (χ1) is 15.6. The van der Waals surface area contributed by atoms with Gasteiger partial charge in [-0.05, 0) is 35.2 Å². The molecule has 2 heterocycles. The van der Waals surface area contributed by atoms with E-state index in [1.54, 1.807) is 23.5 Å². The molecule has 0 radical (unpaired) electrons. The number of rotatable bonds is 4. The highest BCUT2D eigenvalue weighted by atomic mass is 32.3. The number of hydrogen-bond donors (Lipinski definition) is 0. The Balaban J connectivity index is 1.42. The average molecular weight is 529 g/mol. The van der Waals surface area contributed by atoms with E-state index in [4.69, 9.17) is 0 Å². The first-order valence-electron chi connectivity index (χ1n) is 9.69. The van der Waals surface area contributed by atoms with Gasteiger partial charge in [-0.2, -0.15) is 0 Å². The van der Waals surface area contributed by atoms with Gasteiger partial charge in [0.1, 0.15) is 0 Å². The van der Waals surface area contributed by atoms with Crippen LogP contribution < -0.4 is 0 Å². The Morgan fingerprint density at radius 2 is 1.16 bits per heavy atom. The molecular formula is C24H16O2S6. The molecule has 0 N–H and O–H groups in total. The second kappa shape index (κ2) is 9.99. The Morgan fingerprint density at radius 3 is 1.72 bits per heavy atom. The van der Waals surface area contributed by atoms with E-state index in [1.165, 1.54) is 34.0 Å². The van der Waals surface area contributed by atoms with Crippen LogP contribution in [0.1, 0.15) is 26.3 Å². The zero-order valence-corrected chi connectivity index (χ0v) is 21.5. The van der Waals surface area contributed by atoms with Gasteiger partial charge in [0, 0.05) is 21.8 Å². The third-order valence-electron chi connectivity index (χ3n) is 4.60. The summed E-state index contributed by atoms with van der Waals surface area (Å²) in [4.78, 5) is 27.2. The van der Waals surface area contributed by atoms with Crippen molar-refractivity contribution in [1.82, 2.24) is 0 Å². The maximum atomic E-state index is 13.0. The Bertz CT molecular complexity index is 1130. The van der Waals surface area contributed by atoms with Gasteiger partial charge in [0.15, 0.2) is 2.74 Å². The summed E-state index contributed by atoms with van der Waals surface area (Å²) >= 11 is 9.57. The number of carbonyl (C=O) groups is 2. The van der Waals surface area contributed by atoms with Crippen molar-refractivity contribution in [1.29, 1.82) is 0 Å². The van der Waals surface area contributed by atoms with Crippen LogP contribution in [0, 0.1) is 0 Å². The molecule has 0 atom stereocenters. The summed E-state index contributed by atoms with van der Waals surface area (Å²) in [5, 5.41) is 0.00411. The molecule has 0 aliphatic carbocycles. The Labute approximate surface area is 212 Å². The molecule has 0 bridgehead atoms. The molecule has 1 spiro atoms. The van der Waals surface area contributed by atoms with E-state index in [2.05, 4.69) is 24.3 Å². The third kappa shape index (κ3) is 5.00. The van der Waals surface area contributed by atoms with Gasteiger partial charge >= 0.3 is 0 Å². The topological polar surface area (TPSA) is 34.1 Å². The van der Waals surface area contributed by atoms with Crippen LogP contribution in [-0.2, 0) is 5.75 Å². The normalized spacial score (nSPS) is 16.8. The first kappa shape index (κ1) is 22.6. The molecule has 2 aliphatic heterocycles. The summed E-state index contributed by atoms with van der Waals surface area (Å²) in [6.45, 7) is 0. The second-order valence-corrected chi connectivity index (χ2v) is 15.7. The second-order valence-electron chi connectivity index (χ2n) is 6.79. The lowest BCUT2D eigenvalue weighted by atomic mass is 10.2. The molecule has 3 aromatic carbocycles. The van der Waals surface area contributed by atoms with Crippen molar-refractivity contribution in [3.63, 3.8) is 0 Å². The molecule has 0 unspecified atom stereocenters. The maximum Gasteiger partial charge on any atom is 0.224 e. The van der Waals surface area contributed by atoms with E-state index in [9.17, 15) is 9.59 Å². The predicted molar refractivity (Wildman–Crippen MR) is 145 cm³/mol. The zero-order chi connectivity index (χ0) is 22.0. The number of benzene rings is 3. The van der Waals surface area contributed by atoms with Gasteiger partial charge in [0.25, 0.3) is 0 Å². The fourth-order valence-electron chi connectivity index (χ4n) is 3.04. The van der Waals surface area contributed by atoms with E-state index in [-0.39, 0.29) is 13.0 Å². The Hall–Kier alpha value is -1.16. The van der Waals surface area contributed by atoms with E-state index >= 15 is 0 Å². The average Bonchev–Trinajstić information content (AvgIpc) is 3.15. The van der Waals surface area contributed by atoms with Crippen LogP contribution in [0.5, 0.6) is 0 Å². The minimum Gasteiger partial charge on any atom is -0.281 e. The molecular weight excluding hydrogens is 513 g/mol. The van der Waals surface area contributed by atoms with Crippen molar-refractivity contribution in [3.05, 3.63) is 110 Å². The van der Waals surface area contributed by atoms with Crippen LogP contribution in [0.25, 0.3) is 0 Å². The lowest BCUT2D eigenvalue weighted by Crippen LogP contribution is -2.12. The van der Waals surface area contributed by atoms with Gasteiger partial charge in [0.2, 0.25) is 10.2 Å². The van der Waals surface area contributed by atoms with Gasteiger partial charge in [0.05, 0.1) is 8.47 Å². The summed E-state index contributed by atoms with van der Waals surface area (Å²) < 4.78 is 1.60. The van der Waals surface area contributed by atoms with Gasteiger partial charge in [-0.3, -0.25) is 9.59 Å². The number of fused-ring (bicyclic) bond motifs is 1. The first-order valence-corrected chi connectivity index (χ1v) is 14.8. The van der Waals surface area contributed by atoms with Crippen LogP contribution in [0.3, 0.4) is 0 Å². The van der Waals surface area contributed by atoms with Gasteiger partial charge in [-0.15, -0.1) is 11.8 Å². The van der Waals surface area contributed by atoms with Crippen molar-refractivity contribution in [2.24, 2.45) is 0 Å². The standard InChI is InChI=1S/C24H16O2S6/c25-20(16-9-3-1-4-10-16)28-22-23(29-21(26)17-11-5-2-6-12-17)32-24(31-22)27-15-18-13-7-8-14-19(18)30-24/h1-14H,15H2. The summed E-state index contributed by atoms with van der Waals surface area (Å²) in [5.41, 5.74) is 2.68. The predicted octanol–water partition coefficient (Wildman–Crippen LogP) is 8.39. The minimum atomic E-state index is -0.229. The molecule has 0 aromatic heterocycles. The van der Waals surface area contributed by atoms with Gasteiger partial charge in [-0.25, -0.2) is 0 Å². The monoisotopic (exact) mass is 528 g/mol. The molecule has 3 aromatic rings. The van der Waals surface area contributed by atoms with Crippen molar-refractivity contribution in [2.75, 3.05) is 0 Å². The Morgan fingerprint density at radius 1 is 0.656 bits per heavy atom. The quantitative estimate of drug-likeness (QED) is 0.334. The van der Waals surface area contributed by atoms with Crippen molar-refractivity contribution >= 4 is 80.8 Å². The van der Waals surface area contributed by atoms with E-state index < -0.39 is 0 Å². The highest BCUT2D eigenvalue weighted by Gasteiger charge is 2.46. The van der Waals surface area contributed by atoms with Crippen LogP contribution in [0.15, 0.2) is 98.3 Å². The molecule has 8 heteroatoms. The van der Waals surface area contributed by atoms with Crippen molar-refractivity contribution in [2.45, 2.75) is 13.4 Å². The molecule has 0 saturated carbocycles. The van der Waals surface area contributed by atoms with E-state index in [0.717, 1.165) is 14.2 Å². The van der Waals surface area contributed by atoms with Crippen LogP contribution >= 0.6 is 70.6 Å². The van der Waals surface area contributed by atoms with Crippen LogP contribution in [0.4, 0.5) is 0 Å². The zero-order valence-electron chi connectivity index (χ0n) is 16.6. The Kier molecular flexibility index (Phi) is 7.06. The molecule has 0 amide bonds. The third-order valence-corrected chi connectivity index (χ3v) is 14.0. The number of thioether (sulfide) groups is 6.